The fourth-order valence-corrected chi connectivity index (χ4v) is 4.10. The molecule has 2 fully saturated rings. The molecule has 0 unspecified atom stereocenters. The zero-order chi connectivity index (χ0) is 20.0. The summed E-state index contributed by atoms with van der Waals surface area (Å²) in [6.07, 6.45) is -1.08. The Kier molecular flexibility index (Phi) is 4.38. The van der Waals surface area contributed by atoms with E-state index in [1.165, 1.54) is 20.8 Å². The SMILES string of the molecule is CN1C(=O)N(C)[C@@H]2[C@H]1NC(=O)N2CC(=O)Nc1nc(-c2ccccc2F)cs1. The number of aromatic nitrogens is 1. The monoisotopic (exact) mass is 404 g/mol. The second-order valence-electron chi connectivity index (χ2n) is 6.51. The quantitative estimate of drug-likeness (QED) is 0.808. The molecule has 4 rings (SSSR count). The molecule has 0 bridgehead atoms. The summed E-state index contributed by atoms with van der Waals surface area (Å²) < 4.78 is 13.9. The Morgan fingerprint density at radius 1 is 1.29 bits per heavy atom. The Hall–Kier alpha value is -3.21. The predicted molar refractivity (Wildman–Crippen MR) is 99.9 cm³/mol. The maximum absolute atomic E-state index is 13.9. The lowest BCUT2D eigenvalue weighted by atomic mass is 10.2. The van der Waals surface area contributed by atoms with E-state index < -0.39 is 30.1 Å². The van der Waals surface area contributed by atoms with Crippen LogP contribution in [-0.4, -0.2) is 70.6 Å². The molecule has 0 spiro atoms. The standard InChI is InChI=1S/C17H17FN6O3S/c1-22-13-14(23(2)17(22)27)24(16(26)21-13)7-12(25)20-15-19-11(8-28-15)9-5-3-4-6-10(9)18/h3-6,8,13-14H,7H2,1-2H3,(H,21,26)(H,19,20,25)/t13-,14-/m0/s1. The molecular formula is C17H17FN6O3S. The number of thiazole rings is 1. The van der Waals surface area contributed by atoms with Crippen molar-refractivity contribution in [3.8, 4) is 11.3 Å². The number of likely N-dealkylation sites (N-methyl/N-ethyl adjacent to an activating group) is 2. The minimum Gasteiger partial charge on any atom is -0.314 e. The fourth-order valence-electron chi connectivity index (χ4n) is 3.38. The van der Waals surface area contributed by atoms with Gasteiger partial charge in [0.1, 0.15) is 24.7 Å². The first kappa shape index (κ1) is 18.2. The summed E-state index contributed by atoms with van der Waals surface area (Å²) in [7, 11) is 3.17. The van der Waals surface area contributed by atoms with E-state index in [-0.39, 0.29) is 12.6 Å². The van der Waals surface area contributed by atoms with E-state index in [4.69, 9.17) is 0 Å². The van der Waals surface area contributed by atoms with Crippen molar-refractivity contribution in [1.29, 1.82) is 0 Å². The first-order chi connectivity index (χ1) is 13.4. The van der Waals surface area contributed by atoms with Crippen molar-refractivity contribution in [3.05, 3.63) is 35.5 Å². The molecule has 28 heavy (non-hydrogen) atoms. The second-order valence-corrected chi connectivity index (χ2v) is 7.36. The number of halogens is 1. The molecule has 146 valence electrons. The number of urea groups is 2. The molecule has 2 atom stereocenters. The van der Waals surface area contributed by atoms with Crippen molar-refractivity contribution in [2.75, 3.05) is 26.0 Å². The van der Waals surface area contributed by atoms with E-state index >= 15 is 0 Å². The van der Waals surface area contributed by atoms with Crippen LogP contribution in [0.5, 0.6) is 0 Å². The average Bonchev–Trinajstić information content (AvgIpc) is 3.30. The van der Waals surface area contributed by atoms with Crippen molar-refractivity contribution in [3.63, 3.8) is 0 Å². The number of hydrogen-bond donors (Lipinski definition) is 2. The number of nitrogens with one attached hydrogen (secondary N) is 2. The molecule has 1 aromatic heterocycles. The topological polar surface area (TPSA) is 97.9 Å². The van der Waals surface area contributed by atoms with Crippen LogP contribution in [0.1, 0.15) is 0 Å². The Morgan fingerprint density at radius 2 is 2.04 bits per heavy atom. The summed E-state index contributed by atoms with van der Waals surface area (Å²) in [6, 6.07) is 5.57. The van der Waals surface area contributed by atoms with Crippen molar-refractivity contribution in [2.45, 2.75) is 12.3 Å². The Morgan fingerprint density at radius 3 is 2.79 bits per heavy atom. The van der Waals surface area contributed by atoms with Crippen LogP contribution in [0.2, 0.25) is 0 Å². The lowest BCUT2D eigenvalue weighted by Gasteiger charge is -2.25. The number of carbonyl (C=O) groups excluding carboxylic acids is 3. The normalized spacial score (nSPS) is 21.2. The van der Waals surface area contributed by atoms with Crippen LogP contribution in [0.3, 0.4) is 0 Å². The molecule has 2 aromatic rings. The van der Waals surface area contributed by atoms with E-state index in [9.17, 15) is 18.8 Å². The van der Waals surface area contributed by atoms with Gasteiger partial charge in [-0.3, -0.25) is 9.69 Å². The first-order valence-electron chi connectivity index (χ1n) is 8.44. The maximum Gasteiger partial charge on any atom is 0.323 e. The van der Waals surface area contributed by atoms with Gasteiger partial charge in [-0.15, -0.1) is 11.3 Å². The zero-order valence-electron chi connectivity index (χ0n) is 15.0. The van der Waals surface area contributed by atoms with Gasteiger partial charge in [-0.25, -0.2) is 19.0 Å². The number of rotatable bonds is 4. The lowest BCUT2D eigenvalue weighted by Crippen LogP contribution is -2.47. The summed E-state index contributed by atoms with van der Waals surface area (Å²) >= 11 is 1.16. The van der Waals surface area contributed by atoms with Crippen LogP contribution in [-0.2, 0) is 4.79 Å². The van der Waals surface area contributed by atoms with E-state index in [0.29, 0.717) is 16.4 Å². The van der Waals surface area contributed by atoms with Gasteiger partial charge in [-0.2, -0.15) is 0 Å². The number of benzene rings is 1. The van der Waals surface area contributed by atoms with Gasteiger partial charge in [0.2, 0.25) is 5.91 Å². The summed E-state index contributed by atoms with van der Waals surface area (Å²) in [5.41, 5.74) is 0.760. The van der Waals surface area contributed by atoms with Crippen LogP contribution < -0.4 is 10.6 Å². The Labute approximate surface area is 163 Å². The highest BCUT2D eigenvalue weighted by Crippen LogP contribution is 2.28. The van der Waals surface area contributed by atoms with E-state index in [1.54, 1.807) is 37.7 Å². The minimum atomic E-state index is -0.568. The Bertz CT molecular complexity index is 966. The van der Waals surface area contributed by atoms with Gasteiger partial charge in [0.15, 0.2) is 5.13 Å². The molecule has 2 aliphatic rings. The van der Waals surface area contributed by atoms with Crippen LogP contribution in [0.4, 0.5) is 19.1 Å². The number of carbonyl (C=O) groups is 3. The highest BCUT2D eigenvalue weighted by molar-refractivity contribution is 7.14. The molecule has 0 aliphatic carbocycles. The molecule has 11 heteroatoms. The summed E-state index contributed by atoms with van der Waals surface area (Å²) in [5.74, 6) is -0.857. The van der Waals surface area contributed by atoms with Crippen LogP contribution >= 0.6 is 11.3 Å². The summed E-state index contributed by atoms with van der Waals surface area (Å²) in [4.78, 5) is 45.1. The molecule has 5 amide bonds. The molecule has 3 heterocycles. The highest BCUT2D eigenvalue weighted by Gasteiger charge is 2.52. The molecule has 2 N–H and O–H groups in total. The van der Waals surface area contributed by atoms with Crippen molar-refractivity contribution >= 4 is 34.4 Å². The van der Waals surface area contributed by atoms with Crippen molar-refractivity contribution < 1.29 is 18.8 Å². The molecule has 2 saturated heterocycles. The van der Waals surface area contributed by atoms with Gasteiger partial charge < -0.3 is 20.4 Å². The number of fused-ring (bicyclic) bond motifs is 1. The lowest BCUT2D eigenvalue weighted by molar-refractivity contribution is -0.117. The molecule has 1 aromatic carbocycles. The third-order valence-corrected chi connectivity index (χ3v) is 5.52. The van der Waals surface area contributed by atoms with Crippen molar-refractivity contribution in [2.24, 2.45) is 0 Å². The zero-order valence-corrected chi connectivity index (χ0v) is 15.9. The largest absolute Gasteiger partial charge is 0.323 e. The Balaban J connectivity index is 1.45. The number of anilines is 1. The van der Waals surface area contributed by atoms with Crippen LogP contribution in [0.25, 0.3) is 11.3 Å². The summed E-state index contributed by atoms with van der Waals surface area (Å²) in [5, 5.41) is 7.26. The van der Waals surface area contributed by atoms with Gasteiger partial charge in [-0.1, -0.05) is 12.1 Å². The van der Waals surface area contributed by atoms with E-state index in [2.05, 4.69) is 15.6 Å². The minimum absolute atomic E-state index is 0.241. The molecule has 2 aliphatic heterocycles. The van der Waals surface area contributed by atoms with Gasteiger partial charge in [0.25, 0.3) is 0 Å². The third-order valence-electron chi connectivity index (χ3n) is 4.77. The molecular weight excluding hydrogens is 387 g/mol. The first-order valence-corrected chi connectivity index (χ1v) is 9.32. The number of amides is 5. The van der Waals surface area contributed by atoms with Crippen molar-refractivity contribution in [1.82, 2.24) is 25.0 Å². The van der Waals surface area contributed by atoms with Gasteiger partial charge >= 0.3 is 12.1 Å². The molecule has 0 radical (unpaired) electrons. The number of hydrogen-bond acceptors (Lipinski definition) is 5. The van der Waals surface area contributed by atoms with E-state index in [1.807, 2.05) is 0 Å². The molecule has 9 nitrogen and oxygen atoms in total. The van der Waals surface area contributed by atoms with Crippen LogP contribution in [0.15, 0.2) is 29.6 Å². The predicted octanol–water partition coefficient (Wildman–Crippen LogP) is 1.56. The average molecular weight is 404 g/mol. The van der Waals surface area contributed by atoms with Gasteiger partial charge in [0.05, 0.1) is 5.69 Å². The van der Waals surface area contributed by atoms with Gasteiger partial charge in [0, 0.05) is 25.0 Å². The van der Waals surface area contributed by atoms with Gasteiger partial charge in [-0.05, 0) is 12.1 Å². The number of nitrogens with zero attached hydrogens (tertiary/aromatic N) is 4. The second kappa shape index (κ2) is 6.75. The molecule has 0 saturated carbocycles. The maximum atomic E-state index is 13.9. The van der Waals surface area contributed by atoms with Crippen LogP contribution in [0, 0.1) is 5.82 Å². The third kappa shape index (κ3) is 2.93. The summed E-state index contributed by atoms with van der Waals surface area (Å²) in [6.45, 7) is -0.243. The smallest absolute Gasteiger partial charge is 0.314 e. The highest BCUT2D eigenvalue weighted by atomic mass is 32.1. The fraction of sp³-hybridized carbons (Fsp3) is 0.294. The van der Waals surface area contributed by atoms with E-state index in [0.717, 1.165) is 11.3 Å².